The summed E-state index contributed by atoms with van der Waals surface area (Å²) in [6.07, 6.45) is 1.36. The number of fused-ring (bicyclic) bond motifs is 1. The number of H-pyrrole nitrogens is 2. The van der Waals surface area contributed by atoms with Gasteiger partial charge in [0.1, 0.15) is 10.3 Å². The molecule has 2 N–H and O–H groups in total. The van der Waals surface area contributed by atoms with Crippen LogP contribution in [0.3, 0.4) is 0 Å². The summed E-state index contributed by atoms with van der Waals surface area (Å²) in [4.78, 5) is 31.2. The van der Waals surface area contributed by atoms with E-state index >= 15 is 0 Å². The van der Waals surface area contributed by atoms with Gasteiger partial charge >= 0.3 is 5.69 Å². The van der Waals surface area contributed by atoms with Gasteiger partial charge in [0.15, 0.2) is 5.52 Å². The van der Waals surface area contributed by atoms with Gasteiger partial charge in [-0.25, -0.2) is 9.78 Å². The quantitative estimate of drug-likeness (QED) is 0.584. The number of nitrogens with one attached hydrogen (secondary N) is 2. The van der Waals surface area contributed by atoms with Crippen molar-refractivity contribution in [3.05, 3.63) is 31.7 Å². The molecule has 0 fully saturated rings. The highest BCUT2D eigenvalue weighted by Gasteiger charge is 2.04. The highest BCUT2D eigenvalue weighted by molar-refractivity contribution is 7.71. The van der Waals surface area contributed by atoms with Crippen molar-refractivity contribution in [2.75, 3.05) is 0 Å². The van der Waals surface area contributed by atoms with Crippen LogP contribution in [0.5, 0.6) is 0 Å². The summed E-state index contributed by atoms with van der Waals surface area (Å²) in [6.45, 7) is 0. The minimum absolute atomic E-state index is 0.167. The van der Waals surface area contributed by atoms with Gasteiger partial charge in [0.05, 0.1) is 6.20 Å². The second kappa shape index (κ2) is 2.88. The molecule has 0 saturated carbocycles. The molecule has 0 aliphatic heterocycles. The van der Waals surface area contributed by atoms with Crippen LogP contribution in [0.15, 0.2) is 15.8 Å². The number of aromatic nitrogens is 4. The average Bonchev–Trinajstić information content (AvgIpc) is 2.14. The third-order valence-electron chi connectivity index (χ3n) is 1.85. The maximum absolute atomic E-state index is 11.3. The fraction of sp³-hybridized carbons (Fsp3) is 0.143. The Morgan fingerprint density at radius 2 is 2.14 bits per heavy atom. The van der Waals surface area contributed by atoms with E-state index in [2.05, 4.69) is 15.0 Å². The van der Waals surface area contributed by atoms with Gasteiger partial charge in [-0.1, -0.05) is 12.2 Å². The van der Waals surface area contributed by atoms with Crippen LogP contribution in [-0.2, 0) is 7.05 Å². The fourth-order valence-electron chi connectivity index (χ4n) is 1.14. The van der Waals surface area contributed by atoms with Crippen LogP contribution in [0.4, 0.5) is 0 Å². The summed E-state index contributed by atoms with van der Waals surface area (Å²) in [6, 6.07) is 0. The van der Waals surface area contributed by atoms with Crippen molar-refractivity contribution in [3.63, 3.8) is 0 Å². The number of aromatic amines is 2. The predicted octanol–water partition coefficient (Wildman–Crippen LogP) is -0.321. The lowest BCUT2D eigenvalue weighted by Gasteiger charge is -2.01. The fourth-order valence-corrected chi connectivity index (χ4v) is 1.29. The van der Waals surface area contributed by atoms with E-state index in [0.717, 1.165) is 0 Å². The molecule has 0 radical (unpaired) electrons. The molecule has 0 bridgehead atoms. The van der Waals surface area contributed by atoms with Gasteiger partial charge in [0.2, 0.25) is 0 Å². The molecule has 2 aromatic heterocycles. The van der Waals surface area contributed by atoms with Crippen LogP contribution in [-0.4, -0.2) is 19.5 Å². The van der Waals surface area contributed by atoms with Crippen molar-refractivity contribution in [1.82, 2.24) is 19.5 Å². The van der Waals surface area contributed by atoms with Crippen LogP contribution >= 0.6 is 12.2 Å². The standard InChI is InChI=1S/C7H6N4O2S/c1-11-5-4(6(12)10-7(11)13)8-2-3(14)9-5/h2H,1H3,(H,9,14)(H,10,12,13). The van der Waals surface area contributed by atoms with E-state index in [1.165, 1.54) is 17.8 Å². The van der Waals surface area contributed by atoms with E-state index < -0.39 is 11.2 Å². The normalized spacial score (nSPS) is 10.6. The zero-order valence-corrected chi connectivity index (χ0v) is 8.01. The molecule has 2 aromatic rings. The van der Waals surface area contributed by atoms with E-state index in [9.17, 15) is 9.59 Å². The zero-order chi connectivity index (χ0) is 10.3. The molecule has 0 spiro atoms. The Hall–Kier alpha value is -1.76. The summed E-state index contributed by atoms with van der Waals surface area (Å²) in [5, 5.41) is 0. The van der Waals surface area contributed by atoms with Gasteiger partial charge in [0.25, 0.3) is 5.56 Å². The molecule has 6 nitrogen and oxygen atoms in total. The molecule has 14 heavy (non-hydrogen) atoms. The second-order valence-corrected chi connectivity index (χ2v) is 3.20. The second-order valence-electron chi connectivity index (χ2n) is 2.76. The third kappa shape index (κ3) is 1.18. The van der Waals surface area contributed by atoms with Crippen LogP contribution in [0, 0.1) is 4.64 Å². The lowest BCUT2D eigenvalue weighted by Crippen LogP contribution is -2.29. The van der Waals surface area contributed by atoms with Crippen molar-refractivity contribution in [1.29, 1.82) is 0 Å². The molecular formula is C7H6N4O2S. The smallest absolute Gasteiger partial charge is 0.329 e. The molecule has 7 heteroatoms. The first-order chi connectivity index (χ1) is 6.59. The molecule has 0 aliphatic carbocycles. The Kier molecular flexibility index (Phi) is 1.81. The van der Waals surface area contributed by atoms with E-state index in [-0.39, 0.29) is 5.52 Å². The summed E-state index contributed by atoms with van der Waals surface area (Å²) in [5.74, 6) is 0. The lowest BCUT2D eigenvalue weighted by atomic mass is 10.5. The third-order valence-corrected chi connectivity index (χ3v) is 2.06. The van der Waals surface area contributed by atoms with Gasteiger partial charge in [0, 0.05) is 7.05 Å². The first-order valence-electron chi connectivity index (χ1n) is 3.78. The van der Waals surface area contributed by atoms with Crippen LogP contribution in [0.2, 0.25) is 0 Å². The van der Waals surface area contributed by atoms with Crippen molar-refractivity contribution in [2.24, 2.45) is 7.05 Å². The molecule has 0 aromatic carbocycles. The Morgan fingerprint density at radius 3 is 2.86 bits per heavy atom. The van der Waals surface area contributed by atoms with Gasteiger partial charge < -0.3 is 4.98 Å². The Morgan fingerprint density at radius 1 is 1.43 bits per heavy atom. The largest absolute Gasteiger partial charge is 0.329 e. The number of aryl methyl sites for hydroxylation is 1. The molecule has 2 heterocycles. The van der Waals surface area contributed by atoms with Gasteiger partial charge in [-0.2, -0.15) is 0 Å². The van der Waals surface area contributed by atoms with Crippen LogP contribution in [0.1, 0.15) is 0 Å². The molecular weight excluding hydrogens is 204 g/mol. The molecule has 0 amide bonds. The van der Waals surface area contributed by atoms with Gasteiger partial charge in [-0.3, -0.25) is 14.3 Å². The number of rotatable bonds is 0. The Balaban J connectivity index is 3.19. The zero-order valence-electron chi connectivity index (χ0n) is 7.20. The lowest BCUT2D eigenvalue weighted by molar-refractivity contribution is 0.823. The predicted molar refractivity (Wildman–Crippen MR) is 52.8 cm³/mol. The molecule has 0 aliphatic rings. The van der Waals surface area contributed by atoms with E-state index in [1.807, 2.05) is 0 Å². The maximum atomic E-state index is 11.3. The van der Waals surface area contributed by atoms with Crippen molar-refractivity contribution in [2.45, 2.75) is 0 Å². The van der Waals surface area contributed by atoms with E-state index in [4.69, 9.17) is 12.2 Å². The topological polar surface area (TPSA) is 83.5 Å². The first-order valence-corrected chi connectivity index (χ1v) is 4.19. The number of hydrogen-bond acceptors (Lipinski definition) is 4. The van der Waals surface area contributed by atoms with Crippen molar-refractivity contribution < 1.29 is 0 Å². The SMILES string of the molecule is Cn1c(=O)[nH]c(=O)c2ncc(=S)[nH]c21. The average molecular weight is 210 g/mol. The monoisotopic (exact) mass is 210 g/mol. The minimum Gasteiger partial charge on any atom is -0.329 e. The highest BCUT2D eigenvalue weighted by atomic mass is 32.1. The molecule has 0 saturated heterocycles. The van der Waals surface area contributed by atoms with E-state index in [0.29, 0.717) is 10.3 Å². The highest BCUT2D eigenvalue weighted by Crippen LogP contribution is 1.97. The summed E-state index contributed by atoms with van der Waals surface area (Å²) in [7, 11) is 1.52. The van der Waals surface area contributed by atoms with E-state index in [1.54, 1.807) is 0 Å². The minimum atomic E-state index is -0.519. The molecule has 0 unspecified atom stereocenters. The van der Waals surface area contributed by atoms with Gasteiger partial charge in [-0.05, 0) is 0 Å². The number of hydrogen-bond donors (Lipinski definition) is 2. The Bertz CT molecular complexity index is 666. The van der Waals surface area contributed by atoms with Gasteiger partial charge in [-0.15, -0.1) is 0 Å². The van der Waals surface area contributed by atoms with Crippen LogP contribution in [0.25, 0.3) is 11.2 Å². The summed E-state index contributed by atoms with van der Waals surface area (Å²) < 4.78 is 1.62. The molecule has 72 valence electrons. The Labute approximate surface area is 82.2 Å². The number of nitrogens with zero attached hydrogens (tertiary/aromatic N) is 2. The first kappa shape index (κ1) is 8.82. The summed E-state index contributed by atoms with van der Waals surface area (Å²) >= 11 is 4.84. The van der Waals surface area contributed by atoms with Crippen molar-refractivity contribution >= 4 is 23.4 Å². The van der Waals surface area contributed by atoms with Crippen molar-refractivity contribution in [3.8, 4) is 0 Å². The molecule has 0 atom stereocenters. The maximum Gasteiger partial charge on any atom is 0.329 e. The summed E-state index contributed by atoms with van der Waals surface area (Å²) in [5.41, 5.74) is -0.526. The van der Waals surface area contributed by atoms with Crippen LogP contribution < -0.4 is 11.2 Å². The molecule has 2 rings (SSSR count).